The Kier molecular flexibility index (Phi) is 5.07. The number of hydrogen-bond donors (Lipinski definition) is 1. The molecule has 1 N–H and O–H groups in total. The van der Waals surface area contributed by atoms with Crippen molar-refractivity contribution in [3.05, 3.63) is 39.4 Å². The van der Waals surface area contributed by atoms with Gasteiger partial charge in [0, 0.05) is 12.1 Å². The number of carbonyl (C=O) groups is 1. The van der Waals surface area contributed by atoms with Crippen LogP contribution in [0.4, 0.5) is 11.4 Å². The number of rotatable bonds is 5. The summed E-state index contributed by atoms with van der Waals surface area (Å²) in [6.45, 7) is 1.61. The normalized spacial score (nSPS) is 10.1. The van der Waals surface area contributed by atoms with E-state index >= 15 is 0 Å². The van der Waals surface area contributed by atoms with Crippen molar-refractivity contribution in [2.75, 3.05) is 6.61 Å². The number of esters is 1. The van der Waals surface area contributed by atoms with Crippen LogP contribution in [0.3, 0.4) is 0 Å². The second kappa shape index (κ2) is 6.76. The van der Waals surface area contributed by atoms with Gasteiger partial charge in [0.1, 0.15) is 11.4 Å². The van der Waals surface area contributed by atoms with Gasteiger partial charge >= 0.3 is 5.97 Å². The number of hydrogen-bond acceptors (Lipinski definition) is 7. The van der Waals surface area contributed by atoms with Crippen LogP contribution >= 0.6 is 0 Å². The van der Waals surface area contributed by atoms with Gasteiger partial charge in [-0.15, -0.1) is 10.2 Å². The van der Waals surface area contributed by atoms with E-state index in [1.807, 2.05) is 0 Å². The minimum absolute atomic E-state index is 0.0571. The summed E-state index contributed by atoms with van der Waals surface area (Å²) in [7, 11) is 0. The first kappa shape index (κ1) is 15.0. The number of non-ortho nitro benzene ring substituents is 1. The van der Waals surface area contributed by atoms with Crippen LogP contribution < -0.4 is 0 Å². The fourth-order valence-electron chi connectivity index (χ4n) is 1.12. The van der Waals surface area contributed by atoms with Gasteiger partial charge in [0.05, 0.1) is 11.5 Å². The molecule has 0 radical (unpaired) electrons. The highest BCUT2D eigenvalue weighted by Gasteiger charge is 2.11. The monoisotopic (exact) mass is 277 g/mol. The Balaban J connectivity index is 3.05. The lowest BCUT2D eigenvalue weighted by Crippen LogP contribution is -2.05. The molecule has 0 saturated heterocycles. The molecule has 1 aromatic rings. The van der Waals surface area contributed by atoms with E-state index in [1.54, 1.807) is 6.92 Å². The Labute approximate surface area is 112 Å². The number of phenolic OH excluding ortho intramolecular Hbond substituents is 1. The van der Waals surface area contributed by atoms with Crippen molar-refractivity contribution in [1.29, 1.82) is 0 Å². The SMILES string of the molecule is CCOC(=O)C(=C=[N-])N=Nc1cc([N+](=O)[O-])ccc1O. The number of nitro benzene ring substituents is 1. The van der Waals surface area contributed by atoms with Gasteiger partial charge in [-0.2, -0.15) is 0 Å². The van der Waals surface area contributed by atoms with Crippen molar-refractivity contribution >= 4 is 23.2 Å². The van der Waals surface area contributed by atoms with E-state index in [-0.39, 0.29) is 23.7 Å². The van der Waals surface area contributed by atoms with Gasteiger partial charge in [0.2, 0.25) is 0 Å². The van der Waals surface area contributed by atoms with E-state index in [0.717, 1.165) is 18.2 Å². The molecule has 0 saturated carbocycles. The third-order valence-corrected chi connectivity index (χ3v) is 2.00. The van der Waals surface area contributed by atoms with Crippen LogP contribution in [0, 0.1) is 10.1 Å². The zero-order valence-electron chi connectivity index (χ0n) is 10.3. The average molecular weight is 277 g/mol. The third kappa shape index (κ3) is 3.72. The van der Waals surface area contributed by atoms with E-state index in [2.05, 4.69) is 15.0 Å². The van der Waals surface area contributed by atoms with Crippen molar-refractivity contribution < 1.29 is 19.6 Å². The number of carbonyl (C=O) groups excluding carboxylic acids is 1. The third-order valence-electron chi connectivity index (χ3n) is 2.00. The number of azo groups is 1. The van der Waals surface area contributed by atoms with E-state index < -0.39 is 16.6 Å². The van der Waals surface area contributed by atoms with Crippen LogP contribution in [0.15, 0.2) is 34.1 Å². The molecule has 0 aromatic heterocycles. The highest BCUT2D eigenvalue weighted by atomic mass is 16.6. The lowest BCUT2D eigenvalue weighted by atomic mass is 10.2. The topological polar surface area (TPSA) is 137 Å². The molecule has 0 unspecified atom stereocenters. The van der Waals surface area contributed by atoms with E-state index in [4.69, 9.17) is 5.41 Å². The highest BCUT2D eigenvalue weighted by molar-refractivity contribution is 5.97. The summed E-state index contributed by atoms with van der Waals surface area (Å²) in [5, 5.41) is 35.5. The molecule has 0 atom stereocenters. The summed E-state index contributed by atoms with van der Waals surface area (Å²) in [5.41, 5.74) is -1.18. The van der Waals surface area contributed by atoms with Gasteiger partial charge in [-0.05, 0) is 13.0 Å². The van der Waals surface area contributed by atoms with Crippen LogP contribution in [0.25, 0.3) is 5.41 Å². The molecule has 104 valence electrons. The molecule has 1 rings (SSSR count). The smallest absolute Gasteiger partial charge is 0.365 e. The second-order valence-electron chi connectivity index (χ2n) is 3.31. The Morgan fingerprint density at radius 1 is 1.60 bits per heavy atom. The summed E-state index contributed by atoms with van der Waals surface area (Å²) in [5.74, 6) is 0.137. The van der Waals surface area contributed by atoms with Crippen molar-refractivity contribution in [1.82, 2.24) is 0 Å². The maximum absolute atomic E-state index is 11.2. The van der Waals surface area contributed by atoms with Gasteiger partial charge in [-0.3, -0.25) is 10.1 Å². The highest BCUT2D eigenvalue weighted by Crippen LogP contribution is 2.30. The zero-order chi connectivity index (χ0) is 15.1. The first-order valence-corrected chi connectivity index (χ1v) is 5.33. The fraction of sp³-hybridized carbons (Fsp3) is 0.182. The molecular formula is C11H9N4O5-. The predicted molar refractivity (Wildman–Crippen MR) is 67.8 cm³/mol. The Morgan fingerprint density at radius 3 is 2.85 bits per heavy atom. The van der Waals surface area contributed by atoms with Crippen LogP contribution in [0.2, 0.25) is 0 Å². The summed E-state index contributed by atoms with van der Waals surface area (Å²) in [6.07, 6.45) is 0. The lowest BCUT2D eigenvalue weighted by molar-refractivity contribution is -0.384. The summed E-state index contributed by atoms with van der Waals surface area (Å²) in [6, 6.07) is 3.09. The van der Waals surface area contributed by atoms with Crippen LogP contribution in [-0.2, 0) is 9.53 Å². The first-order chi connectivity index (χ1) is 9.49. The largest absolute Gasteiger partial charge is 0.761 e. The molecule has 0 spiro atoms. The average Bonchev–Trinajstić information content (AvgIpc) is 2.41. The Bertz CT molecular complexity index is 619. The van der Waals surface area contributed by atoms with Crippen molar-refractivity contribution in [2.45, 2.75) is 6.92 Å². The molecule has 0 aliphatic heterocycles. The molecule has 0 amide bonds. The number of benzene rings is 1. The molecule has 1 aromatic carbocycles. The number of nitrogens with zero attached hydrogens (tertiary/aromatic N) is 4. The number of phenols is 1. The second-order valence-corrected chi connectivity index (χ2v) is 3.31. The Hall–Kier alpha value is -3.06. The van der Waals surface area contributed by atoms with Gasteiger partial charge < -0.3 is 15.3 Å². The summed E-state index contributed by atoms with van der Waals surface area (Å²) < 4.78 is 4.55. The van der Waals surface area contributed by atoms with E-state index in [1.165, 1.54) is 5.87 Å². The maximum atomic E-state index is 11.2. The standard InChI is InChI=1S/C11H9N4O5/c1-2-20-11(17)9(6-12)14-13-8-5-7(15(18)19)3-4-10(8)16/h3-5,16H,2H2,1H3/q-1. The van der Waals surface area contributed by atoms with Gasteiger partial charge in [-0.25, -0.2) is 10.7 Å². The molecule has 9 heteroatoms. The van der Waals surface area contributed by atoms with Gasteiger partial charge in [0.15, 0.2) is 5.70 Å². The Morgan fingerprint density at radius 2 is 2.30 bits per heavy atom. The maximum Gasteiger partial charge on any atom is 0.365 e. The summed E-state index contributed by atoms with van der Waals surface area (Å²) >= 11 is 0. The van der Waals surface area contributed by atoms with Crippen LogP contribution in [0.5, 0.6) is 5.75 Å². The molecular weight excluding hydrogens is 268 g/mol. The lowest BCUT2D eigenvalue weighted by Gasteiger charge is -2.00. The molecule has 20 heavy (non-hydrogen) atoms. The molecule has 0 aliphatic rings. The predicted octanol–water partition coefficient (Wildman–Crippen LogP) is 2.07. The number of aromatic hydroxyl groups is 1. The van der Waals surface area contributed by atoms with Crippen molar-refractivity contribution in [3.63, 3.8) is 0 Å². The summed E-state index contributed by atoms with van der Waals surface area (Å²) in [4.78, 5) is 21.1. The minimum atomic E-state index is -0.969. The van der Waals surface area contributed by atoms with E-state index in [0.29, 0.717) is 0 Å². The van der Waals surface area contributed by atoms with Crippen LogP contribution in [-0.4, -0.2) is 28.5 Å². The van der Waals surface area contributed by atoms with E-state index in [9.17, 15) is 20.0 Å². The number of ether oxygens (including phenoxy) is 1. The first-order valence-electron chi connectivity index (χ1n) is 5.33. The zero-order valence-corrected chi connectivity index (χ0v) is 10.3. The minimum Gasteiger partial charge on any atom is -0.761 e. The number of nitro groups is 1. The molecule has 9 nitrogen and oxygen atoms in total. The van der Waals surface area contributed by atoms with Crippen LogP contribution in [0.1, 0.15) is 6.92 Å². The van der Waals surface area contributed by atoms with Gasteiger partial charge in [0.25, 0.3) is 5.69 Å². The quantitative estimate of drug-likeness (QED) is 0.219. The van der Waals surface area contributed by atoms with Crippen molar-refractivity contribution in [3.8, 4) is 5.75 Å². The molecule has 0 bridgehead atoms. The van der Waals surface area contributed by atoms with Crippen molar-refractivity contribution in [2.24, 2.45) is 10.2 Å². The molecule has 0 fully saturated rings. The molecule has 0 heterocycles. The van der Waals surface area contributed by atoms with Gasteiger partial charge in [-0.1, -0.05) is 0 Å². The fourth-order valence-corrected chi connectivity index (χ4v) is 1.12. The molecule has 0 aliphatic carbocycles.